The third-order valence-electron chi connectivity index (χ3n) is 3.81. The third kappa shape index (κ3) is 2.40. The molecule has 1 saturated heterocycles. The van der Waals surface area contributed by atoms with Crippen LogP contribution in [0.4, 0.5) is 0 Å². The SMILES string of the molecule is NC(CC1CCOC1)c1ccc2ccccc2c1. The molecule has 0 aliphatic carbocycles. The summed E-state index contributed by atoms with van der Waals surface area (Å²) < 4.78 is 5.41. The van der Waals surface area contributed by atoms with E-state index >= 15 is 0 Å². The summed E-state index contributed by atoms with van der Waals surface area (Å²) >= 11 is 0. The summed E-state index contributed by atoms with van der Waals surface area (Å²) in [5, 5.41) is 2.55. The van der Waals surface area contributed by atoms with E-state index in [1.54, 1.807) is 0 Å². The van der Waals surface area contributed by atoms with Crippen LogP contribution in [0.2, 0.25) is 0 Å². The molecule has 0 spiro atoms. The molecular formula is C16H19NO. The Balaban J connectivity index is 1.80. The average molecular weight is 241 g/mol. The highest BCUT2D eigenvalue weighted by atomic mass is 16.5. The zero-order valence-electron chi connectivity index (χ0n) is 10.5. The fraction of sp³-hybridized carbons (Fsp3) is 0.375. The lowest BCUT2D eigenvalue weighted by Gasteiger charge is -2.16. The van der Waals surface area contributed by atoms with Crippen molar-refractivity contribution in [2.24, 2.45) is 11.7 Å². The molecule has 2 atom stereocenters. The van der Waals surface area contributed by atoms with Gasteiger partial charge in [0.2, 0.25) is 0 Å². The first-order valence-electron chi connectivity index (χ1n) is 6.65. The Hall–Kier alpha value is -1.38. The standard InChI is InChI=1S/C16H19NO/c17-16(9-12-7-8-18-11-12)15-6-5-13-3-1-2-4-14(13)10-15/h1-6,10,12,16H,7-9,11,17H2. The van der Waals surface area contributed by atoms with Gasteiger partial charge in [-0.25, -0.2) is 0 Å². The van der Waals surface area contributed by atoms with Gasteiger partial charge in [0, 0.05) is 19.3 Å². The Morgan fingerprint density at radius 1 is 1.17 bits per heavy atom. The minimum absolute atomic E-state index is 0.126. The Morgan fingerprint density at radius 2 is 2.00 bits per heavy atom. The Morgan fingerprint density at radius 3 is 2.78 bits per heavy atom. The number of hydrogen-bond acceptors (Lipinski definition) is 2. The van der Waals surface area contributed by atoms with Crippen molar-refractivity contribution in [2.45, 2.75) is 18.9 Å². The molecule has 1 heterocycles. The van der Waals surface area contributed by atoms with E-state index in [0.717, 1.165) is 26.1 Å². The maximum absolute atomic E-state index is 6.31. The van der Waals surface area contributed by atoms with Gasteiger partial charge in [-0.3, -0.25) is 0 Å². The lowest BCUT2D eigenvalue weighted by Crippen LogP contribution is -2.15. The minimum atomic E-state index is 0.126. The van der Waals surface area contributed by atoms with E-state index in [2.05, 4.69) is 42.5 Å². The molecule has 2 aromatic rings. The highest BCUT2D eigenvalue weighted by Crippen LogP contribution is 2.26. The lowest BCUT2D eigenvalue weighted by molar-refractivity contribution is 0.182. The van der Waals surface area contributed by atoms with Crippen LogP contribution in [0.3, 0.4) is 0 Å². The molecule has 1 fully saturated rings. The first kappa shape index (κ1) is 11.7. The second kappa shape index (κ2) is 5.09. The number of hydrogen-bond donors (Lipinski definition) is 1. The van der Waals surface area contributed by atoms with Crippen LogP contribution in [0.15, 0.2) is 42.5 Å². The summed E-state index contributed by atoms with van der Waals surface area (Å²) in [5.74, 6) is 0.631. The van der Waals surface area contributed by atoms with Crippen LogP contribution in [-0.4, -0.2) is 13.2 Å². The van der Waals surface area contributed by atoms with Gasteiger partial charge >= 0.3 is 0 Å². The normalized spacial score (nSPS) is 21.3. The molecule has 94 valence electrons. The fourth-order valence-corrected chi connectivity index (χ4v) is 2.70. The molecule has 18 heavy (non-hydrogen) atoms. The molecule has 2 unspecified atom stereocenters. The number of nitrogens with two attached hydrogens (primary N) is 1. The van der Waals surface area contributed by atoms with Crippen LogP contribution in [0.25, 0.3) is 10.8 Å². The van der Waals surface area contributed by atoms with E-state index in [0.29, 0.717) is 5.92 Å². The zero-order valence-corrected chi connectivity index (χ0v) is 10.5. The van der Waals surface area contributed by atoms with Gasteiger partial charge in [-0.15, -0.1) is 0 Å². The number of fused-ring (bicyclic) bond motifs is 1. The van der Waals surface area contributed by atoms with E-state index in [4.69, 9.17) is 10.5 Å². The molecule has 2 heteroatoms. The van der Waals surface area contributed by atoms with Gasteiger partial charge in [-0.2, -0.15) is 0 Å². The number of rotatable bonds is 3. The van der Waals surface area contributed by atoms with E-state index in [9.17, 15) is 0 Å². The first-order chi connectivity index (χ1) is 8.83. The van der Waals surface area contributed by atoms with E-state index in [-0.39, 0.29) is 6.04 Å². The summed E-state index contributed by atoms with van der Waals surface area (Å²) in [6, 6.07) is 15.1. The molecule has 3 rings (SSSR count). The summed E-state index contributed by atoms with van der Waals surface area (Å²) in [4.78, 5) is 0. The topological polar surface area (TPSA) is 35.2 Å². The molecule has 1 aliphatic heterocycles. The highest BCUT2D eigenvalue weighted by molar-refractivity contribution is 5.83. The van der Waals surface area contributed by atoms with Crippen molar-refractivity contribution in [3.8, 4) is 0 Å². The fourth-order valence-electron chi connectivity index (χ4n) is 2.70. The summed E-state index contributed by atoms with van der Waals surface area (Å²) in [6.07, 6.45) is 2.18. The molecule has 0 amide bonds. The van der Waals surface area contributed by atoms with Gasteiger partial charge in [0.05, 0.1) is 0 Å². The smallest absolute Gasteiger partial charge is 0.0495 e. The van der Waals surface area contributed by atoms with Crippen molar-refractivity contribution < 1.29 is 4.74 Å². The van der Waals surface area contributed by atoms with Crippen LogP contribution in [0, 0.1) is 5.92 Å². The van der Waals surface area contributed by atoms with Crippen LogP contribution in [-0.2, 0) is 4.74 Å². The molecular weight excluding hydrogens is 222 g/mol. The molecule has 2 nitrogen and oxygen atoms in total. The van der Waals surface area contributed by atoms with Gasteiger partial charge in [0.15, 0.2) is 0 Å². The monoisotopic (exact) mass is 241 g/mol. The van der Waals surface area contributed by atoms with Crippen LogP contribution < -0.4 is 5.73 Å². The molecule has 2 aromatic carbocycles. The minimum Gasteiger partial charge on any atom is -0.381 e. The molecule has 0 saturated carbocycles. The highest BCUT2D eigenvalue weighted by Gasteiger charge is 2.19. The van der Waals surface area contributed by atoms with Gasteiger partial charge < -0.3 is 10.5 Å². The second-order valence-electron chi connectivity index (χ2n) is 5.18. The van der Waals surface area contributed by atoms with Gasteiger partial charge in [-0.1, -0.05) is 36.4 Å². The molecule has 0 bridgehead atoms. The van der Waals surface area contributed by atoms with Crippen molar-refractivity contribution in [3.05, 3.63) is 48.0 Å². The summed E-state index contributed by atoms with van der Waals surface area (Å²) in [7, 11) is 0. The second-order valence-corrected chi connectivity index (χ2v) is 5.18. The largest absolute Gasteiger partial charge is 0.381 e. The quantitative estimate of drug-likeness (QED) is 0.895. The summed E-state index contributed by atoms with van der Waals surface area (Å²) in [6.45, 7) is 1.77. The Kier molecular flexibility index (Phi) is 3.31. The molecule has 0 radical (unpaired) electrons. The van der Waals surface area contributed by atoms with E-state index < -0.39 is 0 Å². The van der Waals surface area contributed by atoms with Crippen LogP contribution in [0.5, 0.6) is 0 Å². The summed E-state index contributed by atoms with van der Waals surface area (Å²) in [5.41, 5.74) is 7.55. The van der Waals surface area contributed by atoms with Crippen LogP contribution >= 0.6 is 0 Å². The van der Waals surface area contributed by atoms with Crippen LogP contribution in [0.1, 0.15) is 24.4 Å². The van der Waals surface area contributed by atoms with Gasteiger partial charge in [0.25, 0.3) is 0 Å². The maximum Gasteiger partial charge on any atom is 0.0495 e. The number of ether oxygens (including phenoxy) is 1. The average Bonchev–Trinajstić information content (AvgIpc) is 2.91. The van der Waals surface area contributed by atoms with Crippen molar-refractivity contribution in [3.63, 3.8) is 0 Å². The molecule has 2 N–H and O–H groups in total. The van der Waals surface area contributed by atoms with Crippen molar-refractivity contribution in [1.29, 1.82) is 0 Å². The van der Waals surface area contributed by atoms with Gasteiger partial charge in [-0.05, 0) is 41.2 Å². The molecule has 0 aromatic heterocycles. The van der Waals surface area contributed by atoms with Crippen molar-refractivity contribution in [2.75, 3.05) is 13.2 Å². The Labute approximate surface area is 108 Å². The predicted octanol–water partition coefficient (Wildman–Crippen LogP) is 3.27. The van der Waals surface area contributed by atoms with E-state index in [1.165, 1.54) is 16.3 Å². The maximum atomic E-state index is 6.31. The first-order valence-corrected chi connectivity index (χ1v) is 6.65. The van der Waals surface area contributed by atoms with Gasteiger partial charge in [0.1, 0.15) is 0 Å². The third-order valence-corrected chi connectivity index (χ3v) is 3.81. The lowest BCUT2D eigenvalue weighted by atomic mass is 9.93. The van der Waals surface area contributed by atoms with E-state index in [1.807, 2.05) is 0 Å². The Bertz CT molecular complexity index is 531. The molecule has 1 aliphatic rings. The number of benzene rings is 2. The van der Waals surface area contributed by atoms with Crippen molar-refractivity contribution in [1.82, 2.24) is 0 Å². The predicted molar refractivity (Wildman–Crippen MR) is 74.4 cm³/mol. The zero-order chi connectivity index (χ0) is 12.4. The van der Waals surface area contributed by atoms with Crippen molar-refractivity contribution >= 4 is 10.8 Å².